The van der Waals surface area contributed by atoms with Crippen LogP contribution in [0.5, 0.6) is 11.5 Å². The molecule has 0 unspecified atom stereocenters. The van der Waals surface area contributed by atoms with Crippen molar-refractivity contribution in [3.05, 3.63) is 42.5 Å². The first-order valence-corrected chi connectivity index (χ1v) is 12.8. The smallest absolute Gasteiger partial charge is 0.232 e. The maximum atomic E-state index is 12.4. The number of rotatable bonds is 8. The minimum Gasteiger partial charge on any atom is -0.486 e. The van der Waals surface area contributed by atoms with E-state index in [9.17, 15) is 13.2 Å². The second-order valence-corrected chi connectivity index (χ2v) is 9.87. The summed E-state index contributed by atoms with van der Waals surface area (Å²) in [4.78, 5) is 14.7. The SMILES string of the molecule is CS(=O)(=O)N(CCCC(=O)Nc1ccc(N2CCOCC2)cc1)c1ccc2c(c1)OCCO2. The molecule has 0 spiro atoms. The maximum Gasteiger partial charge on any atom is 0.232 e. The highest BCUT2D eigenvalue weighted by Crippen LogP contribution is 2.34. The van der Waals surface area contributed by atoms with Crippen LogP contribution in [0.4, 0.5) is 17.1 Å². The molecule has 2 heterocycles. The zero-order valence-corrected chi connectivity index (χ0v) is 19.5. The number of amides is 1. The van der Waals surface area contributed by atoms with Gasteiger partial charge in [0.1, 0.15) is 13.2 Å². The van der Waals surface area contributed by atoms with Crippen molar-refractivity contribution in [1.29, 1.82) is 0 Å². The van der Waals surface area contributed by atoms with E-state index in [4.69, 9.17) is 14.2 Å². The van der Waals surface area contributed by atoms with Crippen molar-refractivity contribution in [3.8, 4) is 11.5 Å². The Balaban J connectivity index is 1.31. The van der Waals surface area contributed by atoms with Crippen molar-refractivity contribution in [3.63, 3.8) is 0 Å². The molecule has 2 aliphatic rings. The van der Waals surface area contributed by atoms with E-state index in [1.807, 2.05) is 24.3 Å². The highest BCUT2D eigenvalue weighted by atomic mass is 32.2. The fourth-order valence-electron chi connectivity index (χ4n) is 3.86. The van der Waals surface area contributed by atoms with Gasteiger partial charge in [-0.2, -0.15) is 0 Å². The number of hydrogen-bond acceptors (Lipinski definition) is 7. The lowest BCUT2D eigenvalue weighted by Crippen LogP contribution is -2.36. The molecule has 2 aliphatic heterocycles. The summed E-state index contributed by atoms with van der Waals surface area (Å²) in [7, 11) is -3.53. The van der Waals surface area contributed by atoms with Gasteiger partial charge < -0.3 is 24.4 Å². The molecule has 0 saturated carbocycles. The molecular weight excluding hydrogens is 446 g/mol. The number of hydrogen-bond donors (Lipinski definition) is 1. The van der Waals surface area contributed by atoms with Crippen LogP contribution in [0.2, 0.25) is 0 Å². The molecule has 0 aromatic heterocycles. The number of benzene rings is 2. The van der Waals surface area contributed by atoms with Crippen LogP contribution in [-0.4, -0.2) is 66.6 Å². The Labute approximate surface area is 194 Å². The van der Waals surface area contributed by atoms with E-state index in [1.165, 1.54) is 4.31 Å². The minimum atomic E-state index is -3.53. The van der Waals surface area contributed by atoms with Crippen molar-refractivity contribution in [1.82, 2.24) is 0 Å². The van der Waals surface area contributed by atoms with E-state index in [0.29, 0.717) is 42.5 Å². The Bertz CT molecular complexity index is 1070. The number of carbonyl (C=O) groups is 1. The topological polar surface area (TPSA) is 97.4 Å². The standard InChI is InChI=1S/C23H29N3O6S/c1-33(28,29)26(20-8-9-21-22(17-20)32-16-15-31-21)10-2-3-23(27)24-18-4-6-19(7-5-18)25-11-13-30-14-12-25/h4-9,17H,2-3,10-16H2,1H3,(H,24,27). The predicted molar refractivity (Wildman–Crippen MR) is 127 cm³/mol. The highest BCUT2D eigenvalue weighted by molar-refractivity contribution is 7.92. The summed E-state index contributed by atoms with van der Waals surface area (Å²) in [5.74, 6) is 0.952. The lowest BCUT2D eigenvalue weighted by molar-refractivity contribution is -0.116. The van der Waals surface area contributed by atoms with Crippen molar-refractivity contribution in [2.24, 2.45) is 0 Å². The van der Waals surface area contributed by atoms with Gasteiger partial charge in [0.05, 0.1) is 25.2 Å². The molecule has 9 nitrogen and oxygen atoms in total. The molecule has 0 atom stereocenters. The zero-order valence-electron chi connectivity index (χ0n) is 18.7. The molecule has 2 aromatic carbocycles. The molecule has 33 heavy (non-hydrogen) atoms. The predicted octanol–water partition coefficient (Wildman–Crippen LogP) is 2.48. The highest BCUT2D eigenvalue weighted by Gasteiger charge is 2.21. The average molecular weight is 476 g/mol. The molecule has 1 N–H and O–H groups in total. The Kier molecular flexibility index (Phi) is 7.24. The summed E-state index contributed by atoms with van der Waals surface area (Å²) < 4.78 is 42.5. The Morgan fingerprint density at radius 2 is 1.70 bits per heavy atom. The van der Waals surface area contributed by atoms with Crippen LogP contribution >= 0.6 is 0 Å². The third-order valence-corrected chi connectivity index (χ3v) is 6.70. The summed E-state index contributed by atoms with van der Waals surface area (Å²) in [6, 6.07) is 12.8. The van der Waals surface area contributed by atoms with Gasteiger partial charge in [0.25, 0.3) is 0 Å². The Morgan fingerprint density at radius 3 is 2.39 bits per heavy atom. The molecule has 0 radical (unpaired) electrons. The molecule has 1 fully saturated rings. The van der Waals surface area contributed by atoms with E-state index in [2.05, 4.69) is 10.2 Å². The molecule has 4 rings (SSSR count). The first-order chi connectivity index (χ1) is 15.9. The number of nitrogens with zero attached hydrogens (tertiary/aromatic N) is 2. The van der Waals surface area contributed by atoms with Gasteiger partial charge in [-0.15, -0.1) is 0 Å². The van der Waals surface area contributed by atoms with Gasteiger partial charge in [0, 0.05) is 43.5 Å². The lowest BCUT2D eigenvalue weighted by atomic mass is 10.2. The van der Waals surface area contributed by atoms with Crippen LogP contribution in [0, 0.1) is 0 Å². The molecule has 10 heteroatoms. The van der Waals surface area contributed by atoms with Gasteiger partial charge in [0.2, 0.25) is 15.9 Å². The largest absolute Gasteiger partial charge is 0.486 e. The maximum absolute atomic E-state index is 12.4. The van der Waals surface area contributed by atoms with E-state index in [0.717, 1.165) is 38.2 Å². The zero-order chi connectivity index (χ0) is 23.3. The molecule has 0 aliphatic carbocycles. The van der Waals surface area contributed by atoms with Crippen molar-refractivity contribution in [2.75, 3.05) is 66.8 Å². The number of anilines is 3. The van der Waals surface area contributed by atoms with Gasteiger partial charge in [-0.05, 0) is 42.8 Å². The average Bonchev–Trinajstić information content (AvgIpc) is 2.82. The molecule has 0 bridgehead atoms. The monoisotopic (exact) mass is 475 g/mol. The number of ether oxygens (including phenoxy) is 3. The van der Waals surface area contributed by atoms with Crippen LogP contribution < -0.4 is 24.0 Å². The fourth-order valence-corrected chi connectivity index (χ4v) is 4.81. The quantitative estimate of drug-likeness (QED) is 0.626. The van der Waals surface area contributed by atoms with Gasteiger partial charge in [-0.25, -0.2) is 8.42 Å². The number of morpholine rings is 1. The van der Waals surface area contributed by atoms with E-state index in [1.54, 1.807) is 18.2 Å². The normalized spacial score (nSPS) is 15.7. The van der Waals surface area contributed by atoms with Gasteiger partial charge in [0.15, 0.2) is 11.5 Å². The molecular formula is C23H29N3O6S. The Hall–Kier alpha value is -2.98. The second kappa shape index (κ2) is 10.3. The van der Waals surface area contributed by atoms with Crippen LogP contribution in [0.15, 0.2) is 42.5 Å². The lowest BCUT2D eigenvalue weighted by Gasteiger charge is -2.28. The number of carbonyl (C=O) groups excluding carboxylic acids is 1. The first-order valence-electron chi connectivity index (χ1n) is 11.0. The van der Waals surface area contributed by atoms with Crippen molar-refractivity contribution in [2.45, 2.75) is 12.8 Å². The second-order valence-electron chi connectivity index (χ2n) is 7.96. The number of nitrogens with one attached hydrogen (secondary N) is 1. The minimum absolute atomic E-state index is 0.162. The summed E-state index contributed by atoms with van der Waals surface area (Å²) in [5.41, 5.74) is 2.30. The first kappa shape index (κ1) is 23.2. The van der Waals surface area contributed by atoms with Crippen molar-refractivity contribution >= 4 is 33.0 Å². The molecule has 2 aromatic rings. The van der Waals surface area contributed by atoms with Crippen LogP contribution in [0.25, 0.3) is 0 Å². The summed E-state index contributed by atoms with van der Waals surface area (Å²) >= 11 is 0. The van der Waals surface area contributed by atoms with Crippen LogP contribution in [0.3, 0.4) is 0 Å². The summed E-state index contributed by atoms with van der Waals surface area (Å²) in [5, 5.41) is 2.88. The van der Waals surface area contributed by atoms with Crippen LogP contribution in [-0.2, 0) is 19.6 Å². The molecule has 178 valence electrons. The van der Waals surface area contributed by atoms with Gasteiger partial charge >= 0.3 is 0 Å². The number of fused-ring (bicyclic) bond motifs is 1. The summed E-state index contributed by atoms with van der Waals surface area (Å²) in [6.45, 7) is 4.21. The van der Waals surface area contributed by atoms with Crippen molar-refractivity contribution < 1.29 is 27.4 Å². The fraction of sp³-hybridized carbons (Fsp3) is 0.435. The van der Waals surface area contributed by atoms with E-state index < -0.39 is 10.0 Å². The van der Waals surface area contributed by atoms with Gasteiger partial charge in [-0.3, -0.25) is 9.10 Å². The number of sulfonamides is 1. The third kappa shape index (κ3) is 6.08. The van der Waals surface area contributed by atoms with Crippen LogP contribution in [0.1, 0.15) is 12.8 Å². The van der Waals surface area contributed by atoms with Gasteiger partial charge in [-0.1, -0.05) is 0 Å². The Morgan fingerprint density at radius 1 is 1.00 bits per heavy atom. The third-order valence-electron chi connectivity index (χ3n) is 5.51. The van der Waals surface area contributed by atoms with E-state index >= 15 is 0 Å². The molecule has 1 saturated heterocycles. The summed E-state index contributed by atoms with van der Waals surface area (Å²) in [6.07, 6.45) is 1.72. The molecule has 1 amide bonds. The van der Waals surface area contributed by atoms with E-state index in [-0.39, 0.29) is 18.9 Å².